The molecule has 0 bridgehead atoms. The quantitative estimate of drug-likeness (QED) is 0.404. The first kappa shape index (κ1) is 27.4. The highest BCUT2D eigenvalue weighted by Gasteiger charge is 2.27. The number of nitrogens with zero attached hydrogens (tertiary/aromatic N) is 4. The third-order valence-electron chi connectivity index (χ3n) is 7.07. The molecule has 1 unspecified atom stereocenters. The smallest absolute Gasteiger partial charge is 0.314 e. The number of aromatic nitrogens is 3. The second-order valence-electron chi connectivity index (χ2n) is 9.69. The number of aliphatic hydroxyl groups is 1. The Morgan fingerprint density at radius 3 is 2.50 bits per heavy atom. The van der Waals surface area contributed by atoms with Gasteiger partial charge in [0.2, 0.25) is 0 Å². The van der Waals surface area contributed by atoms with Gasteiger partial charge in [-0.2, -0.15) is 0 Å². The highest BCUT2D eigenvalue weighted by Crippen LogP contribution is 2.33. The van der Waals surface area contributed by atoms with Crippen molar-refractivity contribution in [1.29, 1.82) is 0 Å². The van der Waals surface area contributed by atoms with E-state index >= 15 is 0 Å². The third-order valence-corrected chi connectivity index (χ3v) is 7.07. The molecular formula is C26H31FN4O7. The topological polar surface area (TPSA) is 159 Å². The van der Waals surface area contributed by atoms with Crippen molar-refractivity contribution in [2.45, 2.75) is 64.0 Å². The lowest BCUT2D eigenvalue weighted by Crippen LogP contribution is -2.37. The molecule has 1 aromatic carbocycles. The summed E-state index contributed by atoms with van der Waals surface area (Å²) >= 11 is 0. The monoisotopic (exact) mass is 530 g/mol. The van der Waals surface area contributed by atoms with Crippen molar-refractivity contribution < 1.29 is 33.8 Å². The third kappa shape index (κ3) is 6.25. The van der Waals surface area contributed by atoms with Crippen LogP contribution in [0.5, 0.6) is 0 Å². The number of carbonyl (C=O) groups is 2. The highest BCUT2D eigenvalue weighted by atomic mass is 19.1. The Labute approximate surface area is 217 Å². The largest absolute Gasteiger partial charge is 0.481 e. The first-order chi connectivity index (χ1) is 18.1. The molecular weight excluding hydrogens is 499 g/mol. The van der Waals surface area contributed by atoms with E-state index in [1.807, 2.05) is 6.92 Å². The Morgan fingerprint density at radius 1 is 1.13 bits per heavy atom. The molecule has 3 aromatic rings. The van der Waals surface area contributed by atoms with E-state index in [1.165, 1.54) is 12.1 Å². The molecule has 1 fully saturated rings. The summed E-state index contributed by atoms with van der Waals surface area (Å²) < 4.78 is 20.4. The molecule has 2 aliphatic heterocycles. The molecule has 12 heteroatoms. The summed E-state index contributed by atoms with van der Waals surface area (Å²) in [6.07, 6.45) is 2.57. The van der Waals surface area contributed by atoms with Gasteiger partial charge in [0.25, 0.3) is 5.56 Å². The Kier molecular flexibility index (Phi) is 8.52. The lowest BCUT2D eigenvalue weighted by Gasteiger charge is -2.31. The van der Waals surface area contributed by atoms with Crippen LogP contribution in [0.2, 0.25) is 0 Å². The number of hydrogen-bond acceptors (Lipinski definition) is 8. The minimum absolute atomic E-state index is 0.00237. The summed E-state index contributed by atoms with van der Waals surface area (Å²) in [5.41, 5.74) is 2.90. The number of fused-ring (bicyclic) bond motifs is 2. The zero-order valence-corrected chi connectivity index (χ0v) is 21.1. The molecule has 4 heterocycles. The predicted octanol–water partition coefficient (Wildman–Crippen LogP) is 2.63. The fraction of sp³-hybridized carbons (Fsp3) is 0.500. The van der Waals surface area contributed by atoms with Gasteiger partial charge in [0, 0.05) is 41.7 Å². The Hall–Kier alpha value is -3.64. The number of carboxylic acid groups (broad SMARTS) is 2. The number of piperidine rings is 1. The van der Waals surface area contributed by atoms with Crippen molar-refractivity contribution in [2.24, 2.45) is 0 Å². The number of aliphatic carboxylic acids is 2. The molecule has 2 aliphatic rings. The zero-order valence-electron chi connectivity index (χ0n) is 21.1. The molecule has 3 N–H and O–H groups in total. The summed E-state index contributed by atoms with van der Waals surface area (Å²) in [5.74, 6) is -2.14. The molecule has 5 rings (SSSR count). The highest BCUT2D eigenvalue weighted by molar-refractivity contribution is 5.88. The Balaban J connectivity index is 0.000000426. The van der Waals surface area contributed by atoms with Crippen molar-refractivity contribution in [3.05, 3.63) is 57.1 Å². The average Bonchev–Trinajstić information content (AvgIpc) is 3.27. The molecule has 0 radical (unpaired) electrons. The van der Waals surface area contributed by atoms with Gasteiger partial charge < -0.3 is 24.7 Å². The van der Waals surface area contributed by atoms with E-state index in [-0.39, 0.29) is 11.4 Å². The second-order valence-corrected chi connectivity index (χ2v) is 9.69. The number of aliphatic hydroxyl groups excluding tert-OH is 1. The average molecular weight is 531 g/mol. The second kappa shape index (κ2) is 11.8. The van der Waals surface area contributed by atoms with Crippen LogP contribution >= 0.6 is 0 Å². The fourth-order valence-electron chi connectivity index (χ4n) is 5.11. The van der Waals surface area contributed by atoms with Gasteiger partial charge in [0.15, 0.2) is 5.58 Å². The number of carboxylic acids is 2. The first-order valence-corrected chi connectivity index (χ1v) is 12.6. The van der Waals surface area contributed by atoms with Crippen molar-refractivity contribution in [3.63, 3.8) is 0 Å². The van der Waals surface area contributed by atoms with Gasteiger partial charge in [0.1, 0.15) is 24.2 Å². The van der Waals surface area contributed by atoms with E-state index in [0.717, 1.165) is 61.2 Å². The molecule has 38 heavy (non-hydrogen) atoms. The molecule has 0 aliphatic carbocycles. The van der Waals surface area contributed by atoms with Crippen LogP contribution in [0.3, 0.4) is 0 Å². The van der Waals surface area contributed by atoms with Crippen molar-refractivity contribution in [3.8, 4) is 0 Å². The van der Waals surface area contributed by atoms with Gasteiger partial charge in [-0.05, 0) is 64.3 Å². The van der Waals surface area contributed by atoms with Gasteiger partial charge in [0.05, 0.1) is 5.69 Å². The standard InChI is InChI=1S/C23H27FN4O3.C3H4O4/c1-14-17(23(30)28-9-2-3-19(29)22(28)25-14)8-12-27-10-6-15(7-11-27)21-18-5-4-16(24)13-20(18)31-26-21;4-2(5)1-3(6)7/h4-5,13,15,19,29H,2-3,6-12H2,1H3;1H2,(H,4,5)(H,6,7). The van der Waals surface area contributed by atoms with E-state index in [9.17, 15) is 23.9 Å². The van der Waals surface area contributed by atoms with E-state index in [0.29, 0.717) is 36.7 Å². The maximum absolute atomic E-state index is 13.4. The van der Waals surface area contributed by atoms with Gasteiger partial charge in [-0.25, -0.2) is 9.37 Å². The zero-order chi connectivity index (χ0) is 27.4. The normalized spacial score (nSPS) is 18.0. The molecule has 0 saturated carbocycles. The minimum atomic E-state index is -1.31. The van der Waals surface area contributed by atoms with Crippen molar-refractivity contribution >= 4 is 22.9 Å². The summed E-state index contributed by atoms with van der Waals surface area (Å²) in [5, 5.41) is 30.7. The van der Waals surface area contributed by atoms with Crippen LogP contribution in [-0.4, -0.2) is 66.5 Å². The van der Waals surface area contributed by atoms with Crippen LogP contribution in [0.25, 0.3) is 11.0 Å². The number of aryl methyl sites for hydroxylation is 1. The minimum Gasteiger partial charge on any atom is -0.481 e. The summed E-state index contributed by atoms with van der Waals surface area (Å²) in [6.45, 7) is 5.13. The lowest BCUT2D eigenvalue weighted by molar-refractivity contribution is -0.147. The van der Waals surface area contributed by atoms with Crippen LogP contribution < -0.4 is 5.56 Å². The fourth-order valence-corrected chi connectivity index (χ4v) is 5.11. The molecule has 1 atom stereocenters. The molecule has 0 amide bonds. The van der Waals surface area contributed by atoms with Gasteiger partial charge >= 0.3 is 11.9 Å². The van der Waals surface area contributed by atoms with Crippen LogP contribution in [0.15, 0.2) is 27.5 Å². The SMILES string of the molecule is Cc1nc2n(c(=O)c1CCN1CCC(c3noc4cc(F)ccc34)CC1)CCCC2O.O=C(O)CC(=O)O. The van der Waals surface area contributed by atoms with Crippen molar-refractivity contribution in [2.75, 3.05) is 19.6 Å². The van der Waals surface area contributed by atoms with Crippen LogP contribution in [0.1, 0.15) is 66.9 Å². The van der Waals surface area contributed by atoms with Gasteiger partial charge in [-0.1, -0.05) is 5.16 Å². The number of hydrogen-bond donors (Lipinski definition) is 3. The predicted molar refractivity (Wildman–Crippen MR) is 133 cm³/mol. The first-order valence-electron chi connectivity index (χ1n) is 12.6. The molecule has 0 spiro atoms. The van der Waals surface area contributed by atoms with Crippen molar-refractivity contribution in [1.82, 2.24) is 19.6 Å². The number of benzene rings is 1. The summed E-state index contributed by atoms with van der Waals surface area (Å²) in [7, 11) is 0. The molecule has 204 valence electrons. The molecule has 1 saturated heterocycles. The molecule has 11 nitrogen and oxygen atoms in total. The maximum Gasteiger partial charge on any atom is 0.314 e. The van der Waals surface area contributed by atoms with Gasteiger partial charge in [-0.15, -0.1) is 0 Å². The van der Waals surface area contributed by atoms with E-state index in [2.05, 4.69) is 15.0 Å². The van der Waals surface area contributed by atoms with E-state index in [1.54, 1.807) is 10.6 Å². The molecule has 2 aromatic heterocycles. The van der Waals surface area contributed by atoms with E-state index in [4.69, 9.17) is 14.7 Å². The number of rotatable bonds is 6. The lowest BCUT2D eigenvalue weighted by atomic mass is 9.91. The van der Waals surface area contributed by atoms with Crippen LogP contribution in [0.4, 0.5) is 4.39 Å². The maximum atomic E-state index is 13.4. The van der Waals surface area contributed by atoms with Gasteiger partial charge in [-0.3, -0.25) is 19.0 Å². The Bertz CT molecular complexity index is 1370. The Morgan fingerprint density at radius 2 is 1.84 bits per heavy atom. The summed E-state index contributed by atoms with van der Waals surface area (Å²) in [4.78, 5) is 38.7. The summed E-state index contributed by atoms with van der Waals surface area (Å²) in [6, 6.07) is 4.58. The van der Waals surface area contributed by atoms with E-state index < -0.39 is 24.5 Å². The number of halogens is 1. The van der Waals surface area contributed by atoms with Crippen LogP contribution in [0, 0.1) is 12.7 Å². The number of likely N-dealkylation sites (tertiary alicyclic amines) is 1. The van der Waals surface area contributed by atoms with Crippen LogP contribution in [-0.2, 0) is 22.6 Å².